The maximum atomic E-state index is 13.5. The van der Waals surface area contributed by atoms with Crippen molar-refractivity contribution in [1.29, 1.82) is 0 Å². The Morgan fingerprint density at radius 3 is 2.09 bits per heavy atom. The smallest absolute Gasteiger partial charge is 0.317 e. The highest BCUT2D eigenvalue weighted by molar-refractivity contribution is 5.93. The van der Waals surface area contributed by atoms with Gasteiger partial charge in [-0.3, -0.25) is 14.4 Å². The minimum atomic E-state index is -0.825. The number of urea groups is 1. The van der Waals surface area contributed by atoms with Crippen LogP contribution < -0.4 is 16.4 Å². The number of amides is 5. The molecule has 0 aromatic heterocycles. The molecule has 3 fully saturated rings. The van der Waals surface area contributed by atoms with E-state index in [2.05, 4.69) is 10.6 Å². The first-order valence-electron chi connectivity index (χ1n) is 13.2. The van der Waals surface area contributed by atoms with E-state index in [1.54, 1.807) is 9.80 Å². The molecule has 0 spiro atoms. The van der Waals surface area contributed by atoms with Crippen molar-refractivity contribution in [2.45, 2.75) is 103 Å². The zero-order chi connectivity index (χ0) is 24.7. The van der Waals surface area contributed by atoms with Gasteiger partial charge < -0.3 is 26.2 Å². The fraction of sp³-hybridized carbons (Fsp3) is 0.840. The van der Waals surface area contributed by atoms with Crippen LogP contribution in [0.1, 0.15) is 84.5 Å². The van der Waals surface area contributed by atoms with Crippen LogP contribution in [0.2, 0.25) is 0 Å². The predicted molar refractivity (Wildman–Crippen MR) is 130 cm³/mol. The lowest BCUT2D eigenvalue weighted by Crippen LogP contribution is -2.65. The first-order chi connectivity index (χ1) is 16.3. The minimum absolute atomic E-state index is 0.00771. The minimum Gasteiger partial charge on any atom is -0.368 e. The number of carbonyl (C=O) groups excluding carboxylic acids is 4. The van der Waals surface area contributed by atoms with Crippen molar-refractivity contribution in [2.24, 2.45) is 17.6 Å². The van der Waals surface area contributed by atoms with E-state index >= 15 is 0 Å². The van der Waals surface area contributed by atoms with Crippen LogP contribution in [0, 0.1) is 11.8 Å². The van der Waals surface area contributed by atoms with E-state index in [0.29, 0.717) is 25.4 Å². The summed E-state index contributed by atoms with van der Waals surface area (Å²) in [5, 5.41) is 5.73. The van der Waals surface area contributed by atoms with Gasteiger partial charge in [-0.25, -0.2) is 4.79 Å². The molecule has 4 N–H and O–H groups in total. The molecule has 2 saturated carbocycles. The molecular formula is C25H43N5O4. The lowest BCUT2D eigenvalue weighted by molar-refractivity contribution is -0.147. The molecule has 1 aliphatic heterocycles. The van der Waals surface area contributed by atoms with E-state index in [4.69, 9.17) is 5.73 Å². The van der Waals surface area contributed by atoms with Gasteiger partial charge in [-0.05, 0) is 39.0 Å². The van der Waals surface area contributed by atoms with Crippen molar-refractivity contribution in [3.05, 3.63) is 0 Å². The molecule has 5 amide bonds. The summed E-state index contributed by atoms with van der Waals surface area (Å²) in [5.74, 6) is -0.660. The maximum Gasteiger partial charge on any atom is 0.317 e. The Balaban J connectivity index is 1.73. The van der Waals surface area contributed by atoms with Gasteiger partial charge in [-0.15, -0.1) is 0 Å². The van der Waals surface area contributed by atoms with Crippen molar-refractivity contribution < 1.29 is 19.2 Å². The summed E-state index contributed by atoms with van der Waals surface area (Å²) in [5.41, 5.74) is 5.66. The van der Waals surface area contributed by atoms with Crippen molar-refractivity contribution in [3.8, 4) is 0 Å². The number of rotatable bonds is 7. The fourth-order valence-electron chi connectivity index (χ4n) is 5.65. The lowest BCUT2D eigenvalue weighted by atomic mass is 9.84. The first kappa shape index (κ1) is 26.3. The fourth-order valence-corrected chi connectivity index (χ4v) is 5.65. The van der Waals surface area contributed by atoms with Crippen molar-refractivity contribution in [2.75, 3.05) is 19.6 Å². The molecule has 0 radical (unpaired) electrons. The number of piperazine rings is 1. The molecule has 3 aliphatic rings. The SMILES string of the molecule is CC(C)NC(=O)N1CCN(C(=O)C2CCCCC2)C(C(=O)NC(CC2CCCCC2)C(N)=O)C1. The number of carbonyl (C=O) groups is 4. The number of hydrogen-bond acceptors (Lipinski definition) is 4. The van der Waals surface area contributed by atoms with Crippen LogP contribution in [-0.2, 0) is 14.4 Å². The lowest BCUT2D eigenvalue weighted by Gasteiger charge is -2.42. The highest BCUT2D eigenvalue weighted by Gasteiger charge is 2.40. The van der Waals surface area contributed by atoms with Gasteiger partial charge in [0.05, 0.1) is 6.54 Å². The van der Waals surface area contributed by atoms with Crippen molar-refractivity contribution >= 4 is 23.8 Å². The van der Waals surface area contributed by atoms with E-state index in [9.17, 15) is 19.2 Å². The topological polar surface area (TPSA) is 125 Å². The van der Waals surface area contributed by atoms with Crippen LogP contribution in [0.5, 0.6) is 0 Å². The highest BCUT2D eigenvalue weighted by Crippen LogP contribution is 2.29. The van der Waals surface area contributed by atoms with Gasteiger partial charge >= 0.3 is 6.03 Å². The quantitative estimate of drug-likeness (QED) is 0.519. The number of hydrogen-bond donors (Lipinski definition) is 3. The highest BCUT2D eigenvalue weighted by atomic mass is 16.2. The molecule has 2 aliphatic carbocycles. The molecule has 34 heavy (non-hydrogen) atoms. The molecule has 9 heteroatoms. The average molecular weight is 478 g/mol. The van der Waals surface area contributed by atoms with E-state index in [0.717, 1.165) is 57.8 Å². The number of primary amides is 1. The molecule has 0 bridgehead atoms. The first-order valence-corrected chi connectivity index (χ1v) is 13.2. The Bertz CT molecular complexity index is 731. The molecule has 3 rings (SSSR count). The second-order valence-corrected chi connectivity index (χ2v) is 10.6. The Morgan fingerprint density at radius 2 is 1.50 bits per heavy atom. The average Bonchev–Trinajstić information content (AvgIpc) is 2.83. The monoisotopic (exact) mass is 477 g/mol. The van der Waals surface area contributed by atoms with Crippen LogP contribution in [0.15, 0.2) is 0 Å². The molecule has 9 nitrogen and oxygen atoms in total. The number of nitrogens with two attached hydrogens (primary N) is 1. The predicted octanol–water partition coefficient (Wildman–Crippen LogP) is 2.14. The summed E-state index contributed by atoms with van der Waals surface area (Å²) in [6.07, 6.45) is 11.0. The van der Waals surface area contributed by atoms with Crippen LogP contribution in [0.3, 0.4) is 0 Å². The number of nitrogens with one attached hydrogen (secondary N) is 2. The third-order valence-electron chi connectivity index (χ3n) is 7.57. The maximum absolute atomic E-state index is 13.5. The Labute approximate surface area is 203 Å². The largest absolute Gasteiger partial charge is 0.368 e. The van der Waals surface area contributed by atoms with Gasteiger partial charge in [0.1, 0.15) is 12.1 Å². The number of nitrogens with zero attached hydrogens (tertiary/aromatic N) is 2. The van der Waals surface area contributed by atoms with Gasteiger partial charge in [0.15, 0.2) is 0 Å². The van der Waals surface area contributed by atoms with Crippen LogP contribution >= 0.6 is 0 Å². The summed E-state index contributed by atoms with van der Waals surface area (Å²) in [6, 6.07) is -1.86. The normalized spacial score (nSPS) is 23.4. The summed E-state index contributed by atoms with van der Waals surface area (Å²) in [7, 11) is 0. The molecule has 0 aromatic carbocycles. The Morgan fingerprint density at radius 1 is 0.882 bits per heavy atom. The zero-order valence-corrected chi connectivity index (χ0v) is 20.9. The molecule has 192 valence electrons. The molecular weight excluding hydrogens is 434 g/mol. The zero-order valence-electron chi connectivity index (χ0n) is 20.9. The van der Waals surface area contributed by atoms with Crippen molar-refractivity contribution in [1.82, 2.24) is 20.4 Å². The van der Waals surface area contributed by atoms with Gasteiger partial charge in [-0.1, -0.05) is 51.4 Å². The summed E-state index contributed by atoms with van der Waals surface area (Å²) >= 11 is 0. The Kier molecular flexibility index (Phi) is 9.59. The molecule has 2 atom stereocenters. The third-order valence-corrected chi connectivity index (χ3v) is 7.57. The molecule has 2 unspecified atom stereocenters. The van der Waals surface area contributed by atoms with Crippen LogP contribution in [0.4, 0.5) is 4.79 Å². The van der Waals surface area contributed by atoms with Gasteiger partial charge in [0, 0.05) is 25.0 Å². The van der Waals surface area contributed by atoms with Crippen LogP contribution in [-0.4, -0.2) is 71.3 Å². The van der Waals surface area contributed by atoms with Gasteiger partial charge in [0.25, 0.3) is 0 Å². The summed E-state index contributed by atoms with van der Waals surface area (Å²) in [6.45, 7) is 4.56. The molecule has 1 saturated heterocycles. The van der Waals surface area contributed by atoms with E-state index in [1.165, 1.54) is 6.42 Å². The third kappa shape index (κ3) is 7.09. The summed E-state index contributed by atoms with van der Waals surface area (Å²) in [4.78, 5) is 55.0. The van der Waals surface area contributed by atoms with Gasteiger partial charge in [0.2, 0.25) is 17.7 Å². The standard InChI is InChI=1S/C25H43N5O4/c1-17(2)27-25(34)29-13-14-30(24(33)19-11-7-4-8-12-19)21(16-29)23(32)28-20(22(26)31)15-18-9-5-3-6-10-18/h17-21H,3-16H2,1-2H3,(H2,26,31)(H,27,34)(H,28,32). The van der Waals surface area contributed by atoms with E-state index in [1.807, 2.05) is 13.8 Å². The second kappa shape index (κ2) is 12.4. The van der Waals surface area contributed by atoms with Crippen LogP contribution in [0.25, 0.3) is 0 Å². The molecule has 1 heterocycles. The Hall–Kier alpha value is -2.32. The van der Waals surface area contributed by atoms with E-state index in [-0.39, 0.29) is 30.4 Å². The second-order valence-electron chi connectivity index (χ2n) is 10.6. The van der Waals surface area contributed by atoms with E-state index < -0.39 is 23.9 Å². The van der Waals surface area contributed by atoms with Crippen molar-refractivity contribution in [3.63, 3.8) is 0 Å². The summed E-state index contributed by atoms with van der Waals surface area (Å²) < 4.78 is 0. The molecule has 0 aromatic rings. The van der Waals surface area contributed by atoms with Gasteiger partial charge in [-0.2, -0.15) is 0 Å².